The average molecular weight is 811 g/mol. The van der Waals surface area contributed by atoms with Gasteiger partial charge in [-0.25, -0.2) is 0 Å². The largest absolute Gasteiger partial charge is 0.460 e. The van der Waals surface area contributed by atoms with Crippen molar-refractivity contribution in [3.63, 3.8) is 0 Å². The van der Waals surface area contributed by atoms with Gasteiger partial charge in [0.2, 0.25) is 5.79 Å². The number of fused-ring (bicyclic) bond motifs is 2. The number of nitro groups is 1. The van der Waals surface area contributed by atoms with Crippen LogP contribution in [0.25, 0.3) is 0 Å². The Balaban J connectivity index is 1.36. The monoisotopic (exact) mass is 810 g/mol. The van der Waals surface area contributed by atoms with E-state index in [9.17, 15) is 25.1 Å². The van der Waals surface area contributed by atoms with E-state index in [0.717, 1.165) is 73.0 Å². The van der Waals surface area contributed by atoms with Gasteiger partial charge in [-0.3, -0.25) is 14.9 Å². The Morgan fingerprint density at radius 2 is 1.74 bits per heavy atom. The number of non-ortho nitro benzene ring substituents is 1. The van der Waals surface area contributed by atoms with E-state index in [4.69, 9.17) is 24.2 Å². The van der Waals surface area contributed by atoms with Crippen LogP contribution in [0.5, 0.6) is 17.2 Å². The standard InChI is InChI=1S/C46H54N2O9S/c1-2-24-54-46-43(58-37-13-3-4-14-37)28-41(47-55-30-31-16-18-34(19-17-31)48(52)53)39-26-33(11-5-7-22-49)38(15-6-8-23-50)44(45(39)46)40-27-36(20-21-42(40)57-46)56-35-12-9-10-32(25-35)29-51/h2,9-10,12,16-21,25-27,29,33,37-38,43-45,49-50H,1,3-8,11,13-15,22-24,28,30H2/t33-,38+,43-,44+,45+,46+/m0/s1. The number of carbonyl (C=O) groups excluding carboxylic acids is 1. The van der Waals surface area contributed by atoms with Gasteiger partial charge in [0, 0.05) is 54.1 Å². The van der Waals surface area contributed by atoms with E-state index in [1.807, 2.05) is 30.0 Å². The lowest BCUT2D eigenvalue weighted by Crippen LogP contribution is -2.64. The maximum Gasteiger partial charge on any atom is 0.269 e. The molecule has 1 heterocycles. The SMILES string of the molecule is C=CCO[C@@]12Oc3ccc(Oc4cccc(C=O)c4)cc3[C@H]3[C@H](CCCCO)[C@@H](CCCCO)C=C(C(=NOCc4ccc([N+](=O)[O-])cc4)C[C@@H]1SC1CCCC1)[C@H]32. The minimum Gasteiger partial charge on any atom is -0.460 e. The summed E-state index contributed by atoms with van der Waals surface area (Å²) in [6, 6.07) is 19.4. The summed E-state index contributed by atoms with van der Waals surface area (Å²) in [5.74, 6) is 0.749. The summed E-state index contributed by atoms with van der Waals surface area (Å²) in [4.78, 5) is 28.6. The zero-order chi connectivity index (χ0) is 40.5. The maximum absolute atomic E-state index is 11.6. The third kappa shape index (κ3) is 9.20. The zero-order valence-electron chi connectivity index (χ0n) is 32.9. The van der Waals surface area contributed by atoms with Crippen LogP contribution in [0.2, 0.25) is 0 Å². The number of aldehydes is 1. The number of nitro benzene ring substituents is 1. The third-order valence-corrected chi connectivity index (χ3v) is 13.7. The number of aliphatic hydroxyl groups is 2. The van der Waals surface area contributed by atoms with Gasteiger partial charge in [0.05, 0.1) is 28.4 Å². The van der Waals surface area contributed by atoms with Gasteiger partial charge in [-0.15, -0.1) is 18.3 Å². The Labute approximate surface area is 344 Å². The number of ether oxygens (including phenoxy) is 3. The highest BCUT2D eigenvalue weighted by atomic mass is 32.2. The molecular formula is C46H54N2O9S. The number of allylic oxidation sites excluding steroid dienone is 1. The molecule has 0 spiro atoms. The van der Waals surface area contributed by atoms with E-state index >= 15 is 0 Å². The van der Waals surface area contributed by atoms with Gasteiger partial charge in [0.25, 0.3) is 5.69 Å². The second-order valence-corrected chi connectivity index (χ2v) is 17.3. The molecule has 2 fully saturated rings. The Kier molecular flexibility index (Phi) is 14.0. The van der Waals surface area contributed by atoms with Gasteiger partial charge in [-0.05, 0) is 104 Å². The Hall–Kier alpha value is -4.49. The van der Waals surface area contributed by atoms with Crippen molar-refractivity contribution in [2.24, 2.45) is 22.9 Å². The quantitative estimate of drug-likeness (QED) is 0.0371. The van der Waals surface area contributed by atoms with Crippen LogP contribution in [0.4, 0.5) is 5.69 Å². The summed E-state index contributed by atoms with van der Waals surface area (Å²) in [5, 5.41) is 36.2. The lowest BCUT2D eigenvalue weighted by atomic mass is 9.56. The van der Waals surface area contributed by atoms with Gasteiger partial charge in [-0.2, -0.15) is 0 Å². The molecule has 0 aromatic heterocycles. The smallest absolute Gasteiger partial charge is 0.269 e. The molecule has 12 heteroatoms. The number of thioether (sulfide) groups is 1. The molecule has 0 radical (unpaired) electrons. The molecule has 7 rings (SSSR count). The number of hydrogen-bond acceptors (Lipinski definition) is 11. The summed E-state index contributed by atoms with van der Waals surface area (Å²) in [7, 11) is 0. The Morgan fingerprint density at radius 1 is 0.983 bits per heavy atom. The Bertz CT molecular complexity index is 1960. The number of hydrogen-bond donors (Lipinski definition) is 2. The summed E-state index contributed by atoms with van der Waals surface area (Å²) in [6.45, 7) is 4.72. The number of unbranched alkanes of at least 4 members (excludes halogenated alkanes) is 2. The van der Waals surface area contributed by atoms with Gasteiger partial charge < -0.3 is 29.3 Å². The van der Waals surface area contributed by atoms with Crippen LogP contribution in [0.3, 0.4) is 0 Å². The number of carbonyl (C=O) groups is 1. The number of benzene rings is 3. The normalized spacial score (nSPS) is 25.6. The topological polar surface area (TPSA) is 150 Å². The van der Waals surface area contributed by atoms with Crippen molar-refractivity contribution >= 4 is 29.4 Å². The molecule has 308 valence electrons. The van der Waals surface area contributed by atoms with E-state index < -0.39 is 10.7 Å². The van der Waals surface area contributed by atoms with E-state index in [2.05, 4.69) is 18.7 Å². The number of aliphatic hydroxyl groups excluding tert-OH is 2. The molecule has 1 aliphatic heterocycles. The molecule has 0 saturated heterocycles. The molecule has 2 saturated carbocycles. The molecule has 0 amide bonds. The van der Waals surface area contributed by atoms with Crippen LogP contribution in [0, 0.1) is 27.9 Å². The first-order valence-electron chi connectivity index (χ1n) is 20.7. The summed E-state index contributed by atoms with van der Waals surface area (Å²) in [5.41, 5.74) is 4.20. The van der Waals surface area contributed by atoms with Crippen molar-refractivity contribution in [3.05, 3.63) is 118 Å². The van der Waals surface area contributed by atoms with Crippen molar-refractivity contribution in [2.75, 3.05) is 19.8 Å². The second-order valence-electron chi connectivity index (χ2n) is 15.8. The molecular weight excluding hydrogens is 757 g/mol. The number of oxime groups is 1. The number of nitrogens with zero attached hydrogens (tertiary/aromatic N) is 2. The third-order valence-electron chi connectivity index (χ3n) is 12.1. The predicted octanol–water partition coefficient (Wildman–Crippen LogP) is 9.71. The van der Waals surface area contributed by atoms with Gasteiger partial charge in [0.15, 0.2) is 0 Å². The van der Waals surface area contributed by atoms with Crippen LogP contribution in [-0.4, -0.2) is 63.2 Å². The molecule has 0 unspecified atom stereocenters. The van der Waals surface area contributed by atoms with Crippen LogP contribution < -0.4 is 9.47 Å². The Morgan fingerprint density at radius 3 is 2.47 bits per heavy atom. The van der Waals surface area contributed by atoms with Crippen molar-refractivity contribution in [3.8, 4) is 17.2 Å². The minimum atomic E-state index is -1.06. The van der Waals surface area contributed by atoms with Crippen LogP contribution in [-0.2, 0) is 16.2 Å². The first kappa shape index (κ1) is 41.7. The van der Waals surface area contributed by atoms with Crippen LogP contribution in [0.15, 0.2) is 96.2 Å². The van der Waals surface area contributed by atoms with Gasteiger partial charge >= 0.3 is 0 Å². The minimum absolute atomic E-state index is 0.0183. The molecule has 6 atom stereocenters. The van der Waals surface area contributed by atoms with E-state index in [1.54, 1.807) is 36.4 Å². The first-order chi connectivity index (χ1) is 28.4. The summed E-state index contributed by atoms with van der Waals surface area (Å²) in [6.07, 6.45) is 14.9. The molecule has 58 heavy (non-hydrogen) atoms. The highest BCUT2D eigenvalue weighted by Crippen LogP contribution is 2.63. The molecule has 3 aromatic carbocycles. The van der Waals surface area contributed by atoms with E-state index in [1.165, 1.54) is 25.0 Å². The van der Waals surface area contributed by atoms with Crippen molar-refractivity contribution in [2.45, 2.75) is 99.4 Å². The number of rotatable bonds is 20. The lowest BCUT2D eigenvalue weighted by Gasteiger charge is -2.58. The van der Waals surface area contributed by atoms with Crippen molar-refractivity contribution in [1.29, 1.82) is 0 Å². The van der Waals surface area contributed by atoms with E-state index in [-0.39, 0.29) is 54.4 Å². The predicted molar refractivity (Wildman–Crippen MR) is 225 cm³/mol. The van der Waals surface area contributed by atoms with Crippen LogP contribution in [0.1, 0.15) is 98.0 Å². The highest BCUT2D eigenvalue weighted by molar-refractivity contribution is 8.00. The second kappa shape index (κ2) is 19.5. The van der Waals surface area contributed by atoms with Gasteiger partial charge in [-0.1, -0.05) is 55.1 Å². The maximum atomic E-state index is 11.6. The average Bonchev–Trinajstić information content (AvgIpc) is 3.76. The van der Waals surface area contributed by atoms with Crippen molar-refractivity contribution < 1.29 is 39.0 Å². The molecule has 2 N–H and O–H groups in total. The fraction of sp³-hybridized carbons (Fsp3) is 0.478. The summed E-state index contributed by atoms with van der Waals surface area (Å²) >= 11 is 1.94. The lowest BCUT2D eigenvalue weighted by molar-refractivity contribution is -0.384. The van der Waals surface area contributed by atoms with Crippen molar-refractivity contribution in [1.82, 2.24) is 0 Å². The molecule has 0 bridgehead atoms. The summed E-state index contributed by atoms with van der Waals surface area (Å²) < 4.78 is 20.8. The first-order valence-corrected chi connectivity index (χ1v) is 21.6. The molecule has 4 aliphatic rings. The molecule has 3 aliphatic carbocycles. The molecule has 3 aromatic rings. The van der Waals surface area contributed by atoms with Crippen LogP contribution >= 0.6 is 11.8 Å². The fourth-order valence-electron chi connectivity index (χ4n) is 9.45. The molecule has 11 nitrogen and oxygen atoms in total. The van der Waals surface area contributed by atoms with E-state index in [0.29, 0.717) is 48.2 Å². The van der Waals surface area contributed by atoms with Gasteiger partial charge in [0.1, 0.15) is 30.1 Å². The fourth-order valence-corrected chi connectivity index (χ4v) is 11.2. The highest BCUT2D eigenvalue weighted by Gasteiger charge is 2.64. The zero-order valence-corrected chi connectivity index (χ0v) is 33.7.